The lowest BCUT2D eigenvalue weighted by Crippen LogP contribution is -2.53. The number of rotatable bonds is 2. The fourth-order valence-electron chi connectivity index (χ4n) is 3.11. The number of hydrogen-bond donors (Lipinski definition) is 0. The minimum absolute atomic E-state index is 0.263. The highest BCUT2D eigenvalue weighted by atomic mass is 28.3. The number of fused-ring (bicyclic) bond motifs is 2. The monoisotopic (exact) mass is 352 g/mol. The van der Waals surface area contributed by atoms with Crippen molar-refractivity contribution in [3.05, 3.63) is 58.7 Å². The first-order valence-electron chi connectivity index (χ1n) is 7.61. The Bertz CT molecular complexity index is 925. The van der Waals surface area contributed by atoms with Gasteiger partial charge >= 0.3 is 23.9 Å². The highest BCUT2D eigenvalue weighted by molar-refractivity contribution is 7.00. The number of benzene rings is 2. The third-order valence-electron chi connectivity index (χ3n) is 4.73. The second kappa shape index (κ2) is 4.97. The fraction of sp³-hybridized carbons (Fsp3) is 0.111. The summed E-state index contributed by atoms with van der Waals surface area (Å²) >= 11 is 0. The molecule has 124 valence electrons. The molecule has 4 rings (SSSR count). The van der Waals surface area contributed by atoms with Crippen molar-refractivity contribution < 1.29 is 28.7 Å². The van der Waals surface area contributed by atoms with Gasteiger partial charge in [-0.2, -0.15) is 0 Å². The maximum Gasteiger partial charge on any atom is 0.346 e. The molecule has 6 nitrogen and oxygen atoms in total. The van der Waals surface area contributed by atoms with E-state index in [1.165, 1.54) is 0 Å². The zero-order chi connectivity index (χ0) is 17.9. The van der Waals surface area contributed by atoms with Gasteiger partial charge in [-0.3, -0.25) is 0 Å². The summed E-state index contributed by atoms with van der Waals surface area (Å²) < 4.78 is 9.26. The van der Waals surface area contributed by atoms with Gasteiger partial charge in [-0.15, -0.1) is 0 Å². The van der Waals surface area contributed by atoms with Gasteiger partial charge in [0.25, 0.3) is 0 Å². The predicted molar refractivity (Wildman–Crippen MR) is 89.1 cm³/mol. The van der Waals surface area contributed by atoms with Gasteiger partial charge in [0.15, 0.2) is 0 Å². The lowest BCUT2D eigenvalue weighted by Gasteiger charge is -2.24. The van der Waals surface area contributed by atoms with E-state index in [-0.39, 0.29) is 22.3 Å². The molecule has 0 radical (unpaired) electrons. The van der Waals surface area contributed by atoms with Crippen LogP contribution in [0.15, 0.2) is 36.4 Å². The number of cyclic esters (lactones) is 4. The van der Waals surface area contributed by atoms with Crippen molar-refractivity contribution in [1.29, 1.82) is 0 Å². The van der Waals surface area contributed by atoms with Crippen LogP contribution in [0.4, 0.5) is 0 Å². The normalized spacial score (nSPS) is 15.8. The van der Waals surface area contributed by atoms with Crippen LogP contribution in [0.3, 0.4) is 0 Å². The molecule has 0 fully saturated rings. The molecule has 2 heterocycles. The van der Waals surface area contributed by atoms with Crippen molar-refractivity contribution in [3.8, 4) is 0 Å². The highest BCUT2D eigenvalue weighted by Gasteiger charge is 2.36. The molecule has 0 spiro atoms. The van der Waals surface area contributed by atoms with E-state index in [9.17, 15) is 19.2 Å². The van der Waals surface area contributed by atoms with Crippen molar-refractivity contribution in [1.82, 2.24) is 0 Å². The summed E-state index contributed by atoms with van der Waals surface area (Å²) in [6.45, 7) is 4.11. The number of carbonyl (C=O) groups excluding carboxylic acids is 4. The van der Waals surface area contributed by atoms with Gasteiger partial charge in [0.2, 0.25) is 0 Å². The summed E-state index contributed by atoms with van der Waals surface area (Å²) in [6.07, 6.45) is 0. The number of esters is 4. The fourth-order valence-corrected chi connectivity index (χ4v) is 5.46. The predicted octanol–water partition coefficient (Wildman–Crippen LogP) is 1.13. The maximum absolute atomic E-state index is 11.8. The first-order chi connectivity index (χ1) is 11.8. The van der Waals surface area contributed by atoms with Crippen LogP contribution in [0, 0.1) is 0 Å². The van der Waals surface area contributed by atoms with Gasteiger partial charge in [-0.1, -0.05) is 35.6 Å². The standard InChI is InChI=1S/C18H12O6Si/c1-25(2,9-3-5-11-13(7-9)17(21)23-15(11)19)10-4-6-12-14(8-10)18(22)24-16(12)20/h3-8H,1-2H3. The SMILES string of the molecule is C[Si](C)(c1ccc2c(c1)C(=O)OC2=O)c1ccc2c(c1)C(=O)OC2=O. The molecule has 25 heavy (non-hydrogen) atoms. The minimum atomic E-state index is -2.28. The average Bonchev–Trinajstić information content (AvgIpc) is 3.03. The van der Waals surface area contributed by atoms with Gasteiger partial charge in [0.05, 0.1) is 22.3 Å². The van der Waals surface area contributed by atoms with Gasteiger partial charge in [0.1, 0.15) is 8.07 Å². The van der Waals surface area contributed by atoms with Crippen LogP contribution < -0.4 is 10.4 Å². The summed E-state index contributed by atoms with van der Waals surface area (Å²) in [5, 5.41) is 1.83. The topological polar surface area (TPSA) is 86.7 Å². The first-order valence-corrected chi connectivity index (χ1v) is 10.6. The van der Waals surface area contributed by atoms with E-state index in [2.05, 4.69) is 22.6 Å². The van der Waals surface area contributed by atoms with Crippen LogP contribution in [-0.2, 0) is 9.47 Å². The van der Waals surface area contributed by atoms with Crippen LogP contribution in [0.2, 0.25) is 13.1 Å². The van der Waals surface area contributed by atoms with Crippen LogP contribution in [-0.4, -0.2) is 32.0 Å². The molecule has 0 bridgehead atoms. The van der Waals surface area contributed by atoms with Crippen molar-refractivity contribution in [2.45, 2.75) is 13.1 Å². The molecule has 0 unspecified atom stereocenters. The van der Waals surface area contributed by atoms with Crippen molar-refractivity contribution in [2.75, 3.05) is 0 Å². The zero-order valence-corrected chi connectivity index (χ0v) is 14.4. The number of ether oxygens (including phenoxy) is 2. The van der Waals surface area contributed by atoms with Gasteiger partial charge in [-0.25, -0.2) is 19.2 Å². The molecule has 0 aromatic heterocycles. The minimum Gasteiger partial charge on any atom is -0.386 e. The van der Waals surface area contributed by atoms with E-state index in [0.29, 0.717) is 0 Å². The summed E-state index contributed by atoms with van der Waals surface area (Å²) in [5.41, 5.74) is 1.06. The van der Waals surface area contributed by atoms with E-state index in [0.717, 1.165) is 10.4 Å². The third kappa shape index (κ3) is 2.16. The average molecular weight is 352 g/mol. The maximum atomic E-state index is 11.8. The first kappa shape index (κ1) is 15.5. The third-order valence-corrected chi connectivity index (χ3v) is 8.24. The Morgan fingerprint density at radius 1 is 0.600 bits per heavy atom. The summed E-state index contributed by atoms with van der Waals surface area (Å²) in [5.74, 6) is -2.56. The molecule has 2 aromatic carbocycles. The van der Waals surface area contributed by atoms with Crippen molar-refractivity contribution in [3.63, 3.8) is 0 Å². The van der Waals surface area contributed by atoms with E-state index >= 15 is 0 Å². The van der Waals surface area contributed by atoms with Gasteiger partial charge < -0.3 is 9.47 Å². The van der Waals surface area contributed by atoms with Crippen LogP contribution >= 0.6 is 0 Å². The largest absolute Gasteiger partial charge is 0.386 e. The van der Waals surface area contributed by atoms with Crippen LogP contribution in [0.1, 0.15) is 41.4 Å². The smallest absolute Gasteiger partial charge is 0.346 e. The summed E-state index contributed by atoms with van der Waals surface area (Å²) in [7, 11) is -2.28. The molecule has 0 aliphatic carbocycles. The van der Waals surface area contributed by atoms with E-state index in [1.54, 1.807) is 24.3 Å². The molecule has 2 aromatic rings. The Hall–Kier alpha value is -3.06. The molecule has 0 amide bonds. The molecule has 0 N–H and O–H groups in total. The quantitative estimate of drug-likeness (QED) is 0.457. The Balaban J connectivity index is 1.81. The molecule has 7 heteroatoms. The highest BCUT2D eigenvalue weighted by Crippen LogP contribution is 2.22. The second-order valence-corrected chi connectivity index (χ2v) is 10.9. The van der Waals surface area contributed by atoms with E-state index in [4.69, 9.17) is 0 Å². The Kier molecular flexibility index (Phi) is 3.07. The van der Waals surface area contributed by atoms with Crippen LogP contribution in [0.5, 0.6) is 0 Å². The van der Waals surface area contributed by atoms with Gasteiger partial charge in [0, 0.05) is 0 Å². The summed E-state index contributed by atoms with van der Waals surface area (Å²) in [4.78, 5) is 46.8. The number of hydrogen-bond acceptors (Lipinski definition) is 6. The van der Waals surface area contributed by atoms with Crippen molar-refractivity contribution >= 4 is 42.3 Å². The lowest BCUT2D eigenvalue weighted by molar-refractivity contribution is 0.0425. The molecule has 2 aliphatic heterocycles. The molecule has 2 aliphatic rings. The van der Waals surface area contributed by atoms with Gasteiger partial charge in [-0.05, 0) is 24.3 Å². The molecule has 0 atom stereocenters. The lowest BCUT2D eigenvalue weighted by atomic mass is 10.1. The Morgan fingerprint density at radius 2 is 0.960 bits per heavy atom. The van der Waals surface area contributed by atoms with Crippen molar-refractivity contribution in [2.24, 2.45) is 0 Å². The van der Waals surface area contributed by atoms with E-state index < -0.39 is 32.0 Å². The second-order valence-electron chi connectivity index (χ2n) is 6.50. The number of carbonyl (C=O) groups is 4. The Labute approximate surface area is 143 Å². The zero-order valence-electron chi connectivity index (χ0n) is 13.4. The molecular weight excluding hydrogens is 340 g/mol. The molecular formula is C18H12O6Si. The van der Waals surface area contributed by atoms with E-state index in [1.807, 2.05) is 12.1 Å². The molecule has 0 saturated carbocycles. The molecule has 0 saturated heterocycles. The Morgan fingerprint density at radius 3 is 1.36 bits per heavy atom. The van der Waals surface area contributed by atoms with Crippen LogP contribution in [0.25, 0.3) is 0 Å². The summed E-state index contributed by atoms with van der Waals surface area (Å²) in [6, 6.07) is 10.2.